The van der Waals surface area contributed by atoms with E-state index in [0.717, 1.165) is 34.9 Å². The molecule has 1 aromatic heterocycles. The van der Waals surface area contributed by atoms with Crippen molar-refractivity contribution in [3.05, 3.63) is 56.1 Å². The van der Waals surface area contributed by atoms with Crippen LogP contribution >= 0.6 is 15.9 Å². The lowest BCUT2D eigenvalue weighted by Crippen LogP contribution is -2.39. The number of hydrogen-bond donors (Lipinski definition) is 0. The number of fused-ring (bicyclic) bond motifs is 3. The molecule has 1 aromatic carbocycles. The number of aromatic nitrogens is 1. The van der Waals surface area contributed by atoms with Gasteiger partial charge in [0, 0.05) is 46.8 Å². The minimum Gasteiger partial charge on any atom is -0.369 e. The van der Waals surface area contributed by atoms with Gasteiger partial charge in [-0.15, -0.1) is 0 Å². The highest BCUT2D eigenvalue weighted by Crippen LogP contribution is 2.28. The zero-order valence-corrected chi connectivity index (χ0v) is 15.3. The van der Waals surface area contributed by atoms with Crippen LogP contribution in [0.1, 0.15) is 25.0 Å². The van der Waals surface area contributed by atoms with Gasteiger partial charge in [-0.05, 0) is 24.0 Å². The highest BCUT2D eigenvalue weighted by molar-refractivity contribution is 9.10. The van der Waals surface area contributed by atoms with E-state index in [0.29, 0.717) is 17.5 Å². The zero-order valence-electron chi connectivity index (χ0n) is 13.7. The molecule has 0 radical (unpaired) electrons. The lowest BCUT2D eigenvalue weighted by atomic mass is 9.91. The third kappa shape index (κ3) is 2.59. The van der Waals surface area contributed by atoms with Crippen LogP contribution in [0.3, 0.4) is 0 Å². The van der Waals surface area contributed by atoms with Crippen molar-refractivity contribution in [3.8, 4) is 0 Å². The fourth-order valence-electron chi connectivity index (χ4n) is 3.71. The number of hydrogen-bond acceptors (Lipinski definition) is 1. The molecule has 0 unspecified atom stereocenters. The van der Waals surface area contributed by atoms with Gasteiger partial charge in [-0.25, -0.2) is 8.78 Å². The van der Waals surface area contributed by atoms with E-state index < -0.39 is 0 Å². The first-order chi connectivity index (χ1) is 11.3. The van der Waals surface area contributed by atoms with Crippen LogP contribution in [0.15, 0.2) is 22.7 Å². The molecule has 2 aliphatic rings. The highest BCUT2D eigenvalue weighted by Gasteiger charge is 2.29. The van der Waals surface area contributed by atoms with E-state index in [2.05, 4.69) is 40.4 Å². The van der Waals surface area contributed by atoms with Crippen LogP contribution in [-0.2, 0) is 19.5 Å². The number of benzene rings is 1. The molecular formula is C19H19BrF2N2. The Labute approximate surface area is 148 Å². The van der Waals surface area contributed by atoms with Crippen LogP contribution < -0.4 is 10.7 Å². The molecule has 1 aliphatic heterocycles. The average Bonchev–Trinajstić information content (AvgIpc) is 2.95. The van der Waals surface area contributed by atoms with Gasteiger partial charge in [-0.3, -0.25) is 0 Å². The Hall–Kier alpha value is -1.62. The quantitative estimate of drug-likeness (QED) is 0.761. The summed E-state index contributed by atoms with van der Waals surface area (Å²) in [7, 11) is 0. The van der Waals surface area contributed by atoms with Crippen molar-refractivity contribution >= 4 is 28.2 Å². The van der Waals surface area contributed by atoms with Gasteiger partial charge in [0.1, 0.15) is 5.82 Å². The lowest BCUT2D eigenvalue weighted by molar-refractivity contribution is 0.348. The third-order valence-corrected chi connectivity index (χ3v) is 5.34. The molecule has 0 atom stereocenters. The average molecular weight is 393 g/mol. The first kappa shape index (κ1) is 15.9. The second-order valence-corrected chi connectivity index (χ2v) is 8.28. The monoisotopic (exact) mass is 392 g/mol. The summed E-state index contributed by atoms with van der Waals surface area (Å²) in [5, 5.41) is 1.65. The maximum Gasteiger partial charge on any atom is 0.153 e. The molecule has 0 N–H and O–H groups in total. The van der Waals surface area contributed by atoms with Gasteiger partial charge >= 0.3 is 0 Å². The summed E-state index contributed by atoms with van der Waals surface area (Å²) in [6, 6.07) is 5.07. The van der Waals surface area contributed by atoms with E-state index in [1.807, 2.05) is 17.2 Å². The van der Waals surface area contributed by atoms with Crippen LogP contribution in [0, 0.1) is 17.0 Å². The summed E-state index contributed by atoms with van der Waals surface area (Å²) in [5.41, 5.74) is 1.46. The zero-order chi connectivity index (χ0) is 17.1. The van der Waals surface area contributed by atoms with E-state index in [4.69, 9.17) is 0 Å². The molecule has 0 bridgehead atoms. The van der Waals surface area contributed by atoms with Crippen LogP contribution in [0.2, 0.25) is 0 Å². The van der Waals surface area contributed by atoms with Crippen molar-refractivity contribution < 1.29 is 8.78 Å². The maximum absolute atomic E-state index is 14.8. The summed E-state index contributed by atoms with van der Waals surface area (Å²) >= 11 is 3.27. The van der Waals surface area contributed by atoms with Crippen LogP contribution in [0.4, 0.5) is 8.78 Å². The molecule has 2 heterocycles. The SMILES string of the molecule is CC1(C)C=c2c(c(F)c3n2CCN(Cc2ccc(Br)cc2F)C=3)C1. The molecule has 0 fully saturated rings. The summed E-state index contributed by atoms with van der Waals surface area (Å²) in [5.74, 6) is -0.357. The minimum absolute atomic E-state index is 0.0191. The van der Waals surface area contributed by atoms with Crippen molar-refractivity contribution in [2.24, 2.45) is 5.41 Å². The molecule has 2 aromatic rings. The largest absolute Gasteiger partial charge is 0.369 e. The fourth-order valence-corrected chi connectivity index (χ4v) is 4.05. The third-order valence-electron chi connectivity index (χ3n) is 4.84. The molecular weight excluding hydrogens is 374 g/mol. The molecule has 0 amide bonds. The van der Waals surface area contributed by atoms with Crippen LogP contribution in [-0.4, -0.2) is 16.0 Å². The van der Waals surface area contributed by atoms with E-state index in [1.165, 1.54) is 6.07 Å². The normalized spacial score (nSPS) is 18.0. The molecule has 4 rings (SSSR count). The number of halogens is 3. The molecule has 1 aliphatic carbocycles. The van der Waals surface area contributed by atoms with Gasteiger partial charge in [0.2, 0.25) is 0 Å². The Morgan fingerprint density at radius 3 is 2.71 bits per heavy atom. The maximum atomic E-state index is 14.8. The molecule has 0 saturated heterocycles. The molecule has 0 spiro atoms. The first-order valence-corrected chi connectivity index (χ1v) is 8.93. The van der Waals surface area contributed by atoms with E-state index >= 15 is 0 Å². The second kappa shape index (κ2) is 5.45. The Kier molecular flexibility index (Phi) is 3.60. The Morgan fingerprint density at radius 2 is 1.96 bits per heavy atom. The van der Waals surface area contributed by atoms with Crippen molar-refractivity contribution in [2.75, 3.05) is 6.54 Å². The van der Waals surface area contributed by atoms with E-state index in [1.54, 1.807) is 6.07 Å². The topological polar surface area (TPSA) is 8.17 Å². The second-order valence-electron chi connectivity index (χ2n) is 7.36. The Balaban J connectivity index is 1.71. The van der Waals surface area contributed by atoms with Gasteiger partial charge in [-0.1, -0.05) is 41.9 Å². The predicted octanol–water partition coefficient (Wildman–Crippen LogP) is 3.15. The van der Waals surface area contributed by atoms with Gasteiger partial charge in [-0.2, -0.15) is 0 Å². The van der Waals surface area contributed by atoms with E-state index in [-0.39, 0.29) is 17.0 Å². The van der Waals surface area contributed by atoms with Crippen molar-refractivity contribution in [1.82, 2.24) is 9.47 Å². The van der Waals surface area contributed by atoms with E-state index in [9.17, 15) is 8.78 Å². The Morgan fingerprint density at radius 1 is 1.17 bits per heavy atom. The molecule has 0 saturated carbocycles. The number of rotatable bonds is 2. The van der Waals surface area contributed by atoms with Crippen molar-refractivity contribution in [2.45, 2.75) is 33.4 Å². The summed E-state index contributed by atoms with van der Waals surface area (Å²) in [6.07, 6.45) is 4.75. The van der Waals surface area contributed by atoms with Crippen LogP contribution in [0.5, 0.6) is 0 Å². The summed E-state index contributed by atoms with van der Waals surface area (Å²) < 4.78 is 31.7. The Bertz CT molecular complexity index is 943. The van der Waals surface area contributed by atoms with Gasteiger partial charge in [0.05, 0.1) is 5.35 Å². The van der Waals surface area contributed by atoms with Crippen molar-refractivity contribution in [1.29, 1.82) is 0 Å². The van der Waals surface area contributed by atoms with Crippen LogP contribution in [0.25, 0.3) is 12.3 Å². The summed E-state index contributed by atoms with van der Waals surface area (Å²) in [4.78, 5) is 1.99. The lowest BCUT2D eigenvalue weighted by Gasteiger charge is -2.25. The van der Waals surface area contributed by atoms with Gasteiger partial charge in [0.25, 0.3) is 0 Å². The van der Waals surface area contributed by atoms with Crippen molar-refractivity contribution in [3.63, 3.8) is 0 Å². The molecule has 24 heavy (non-hydrogen) atoms. The smallest absolute Gasteiger partial charge is 0.153 e. The number of nitrogens with zero attached hydrogens (tertiary/aromatic N) is 2. The van der Waals surface area contributed by atoms with Gasteiger partial charge in [0.15, 0.2) is 5.82 Å². The predicted molar refractivity (Wildman–Crippen MR) is 94.6 cm³/mol. The first-order valence-electron chi connectivity index (χ1n) is 8.14. The standard InChI is InChI=1S/C19H19BrF2N2/c1-19(2)8-14-16(9-19)24-6-5-23(11-17(24)18(14)22)10-12-3-4-13(20)7-15(12)21/h3-4,7,9,11H,5-6,8,10H2,1-2H3. The van der Waals surface area contributed by atoms with Gasteiger partial charge < -0.3 is 9.47 Å². The molecule has 5 heteroatoms. The molecule has 2 nitrogen and oxygen atoms in total. The fraction of sp³-hybridized carbons (Fsp3) is 0.368. The summed E-state index contributed by atoms with van der Waals surface area (Å²) in [6.45, 7) is 6.19. The minimum atomic E-state index is -0.239. The molecule has 126 valence electrons. The highest BCUT2D eigenvalue weighted by atomic mass is 79.9.